The number of carboxylic acids is 1. The van der Waals surface area contributed by atoms with Gasteiger partial charge in [-0.3, -0.25) is 9.58 Å². The molecule has 1 N–H and O–H groups in total. The lowest BCUT2D eigenvalue weighted by Gasteiger charge is -2.39. The van der Waals surface area contributed by atoms with Crippen LogP contribution in [-0.4, -0.2) is 68.3 Å². The minimum absolute atomic E-state index is 0.124. The normalized spacial score (nSPS) is 17.1. The minimum Gasteiger partial charge on any atom is -0.478 e. The van der Waals surface area contributed by atoms with Crippen molar-refractivity contribution in [2.45, 2.75) is 38.8 Å². The molecule has 7 heteroatoms. The van der Waals surface area contributed by atoms with Crippen molar-refractivity contribution in [3.8, 4) is 11.3 Å². The summed E-state index contributed by atoms with van der Waals surface area (Å²) in [6, 6.07) is 6.53. The molecule has 0 aliphatic carbocycles. The van der Waals surface area contributed by atoms with Crippen molar-refractivity contribution in [1.29, 1.82) is 0 Å². The molecular formula is C23H31N5O2. The number of aryl methyl sites for hydroxylation is 1. The fourth-order valence-corrected chi connectivity index (χ4v) is 4.78. The van der Waals surface area contributed by atoms with E-state index in [2.05, 4.69) is 46.5 Å². The molecule has 4 heterocycles. The molecular weight excluding hydrogens is 378 g/mol. The third kappa shape index (κ3) is 3.63. The predicted molar refractivity (Wildman–Crippen MR) is 118 cm³/mol. The maximum Gasteiger partial charge on any atom is 0.336 e. The zero-order valence-corrected chi connectivity index (χ0v) is 18.5. The Morgan fingerprint density at radius 3 is 2.53 bits per heavy atom. The quantitative estimate of drug-likeness (QED) is 0.699. The smallest absolute Gasteiger partial charge is 0.336 e. The fourth-order valence-electron chi connectivity index (χ4n) is 4.78. The number of nitrogens with zero attached hydrogens (tertiary/aromatic N) is 5. The van der Waals surface area contributed by atoms with Gasteiger partial charge in [0.2, 0.25) is 0 Å². The molecule has 1 atom stereocenters. The number of carboxylic acid groups (broad SMARTS) is 1. The van der Waals surface area contributed by atoms with Gasteiger partial charge in [0.25, 0.3) is 0 Å². The van der Waals surface area contributed by atoms with Crippen LogP contribution >= 0.6 is 0 Å². The number of pyridine rings is 1. The van der Waals surface area contributed by atoms with Gasteiger partial charge in [-0.1, -0.05) is 0 Å². The molecule has 1 unspecified atom stereocenters. The van der Waals surface area contributed by atoms with E-state index in [0.717, 1.165) is 54.0 Å². The van der Waals surface area contributed by atoms with E-state index in [1.807, 2.05) is 32.3 Å². The Morgan fingerprint density at radius 1 is 1.27 bits per heavy atom. The van der Waals surface area contributed by atoms with Crippen LogP contribution < -0.4 is 0 Å². The lowest BCUT2D eigenvalue weighted by molar-refractivity contribution is 0.0695. The first-order valence-electron chi connectivity index (χ1n) is 10.6. The van der Waals surface area contributed by atoms with Crippen molar-refractivity contribution in [3.05, 3.63) is 47.4 Å². The Bertz CT molecular complexity index is 1070. The third-order valence-electron chi connectivity index (χ3n) is 6.60. The van der Waals surface area contributed by atoms with Crippen molar-refractivity contribution < 1.29 is 9.90 Å². The van der Waals surface area contributed by atoms with Crippen LogP contribution in [0.5, 0.6) is 0 Å². The summed E-state index contributed by atoms with van der Waals surface area (Å²) in [5.41, 5.74) is 5.04. The van der Waals surface area contributed by atoms with Crippen molar-refractivity contribution in [2.24, 2.45) is 7.05 Å². The Labute approximate surface area is 177 Å². The van der Waals surface area contributed by atoms with E-state index < -0.39 is 5.97 Å². The topological polar surface area (TPSA) is 66.0 Å². The summed E-state index contributed by atoms with van der Waals surface area (Å²) in [5.74, 6) is -0.879. The van der Waals surface area contributed by atoms with Crippen molar-refractivity contribution in [2.75, 3.05) is 27.2 Å². The summed E-state index contributed by atoms with van der Waals surface area (Å²) in [6.45, 7) is 6.15. The van der Waals surface area contributed by atoms with Gasteiger partial charge < -0.3 is 14.4 Å². The van der Waals surface area contributed by atoms with Crippen LogP contribution in [0.1, 0.15) is 47.4 Å². The van der Waals surface area contributed by atoms with Gasteiger partial charge in [0.05, 0.1) is 11.3 Å². The number of aromatic nitrogens is 3. The maximum absolute atomic E-state index is 12.0. The van der Waals surface area contributed by atoms with Gasteiger partial charge >= 0.3 is 5.97 Å². The Morgan fingerprint density at radius 2 is 1.97 bits per heavy atom. The first kappa shape index (κ1) is 20.6. The number of aromatic carboxylic acids is 1. The molecule has 7 nitrogen and oxygen atoms in total. The van der Waals surface area contributed by atoms with Crippen molar-refractivity contribution >= 4 is 11.5 Å². The van der Waals surface area contributed by atoms with Crippen LogP contribution in [0.25, 0.3) is 16.8 Å². The highest BCUT2D eigenvalue weighted by Gasteiger charge is 2.28. The molecule has 0 spiro atoms. The zero-order valence-electron chi connectivity index (χ0n) is 18.5. The van der Waals surface area contributed by atoms with Gasteiger partial charge in [-0.05, 0) is 64.5 Å². The van der Waals surface area contributed by atoms with Crippen LogP contribution in [0.2, 0.25) is 0 Å². The standard InChI is InChI=1S/C23H31N5O2/c1-15-20(23(29)30)13-19-12-17(21-8-9-26(5)24-21)14-28(19)22(15)16(2)27-10-6-18(7-11-27)25(3)4/h8-9,12-14,16,18H,6-7,10-11H2,1-5H3,(H,29,30). The number of rotatable bonds is 5. The molecule has 0 amide bonds. The zero-order chi connectivity index (χ0) is 21.6. The van der Waals surface area contributed by atoms with Gasteiger partial charge in [0.15, 0.2) is 0 Å². The largest absolute Gasteiger partial charge is 0.478 e. The number of likely N-dealkylation sites (tertiary alicyclic amines) is 1. The number of hydrogen-bond donors (Lipinski definition) is 1. The molecule has 0 aromatic carbocycles. The van der Waals surface area contributed by atoms with E-state index in [1.54, 1.807) is 10.7 Å². The summed E-state index contributed by atoms with van der Waals surface area (Å²) in [6.07, 6.45) is 6.27. The molecule has 1 aliphatic heterocycles. The van der Waals surface area contributed by atoms with Crippen molar-refractivity contribution in [1.82, 2.24) is 24.0 Å². The first-order chi connectivity index (χ1) is 14.3. The highest BCUT2D eigenvalue weighted by Crippen LogP contribution is 2.32. The highest BCUT2D eigenvalue weighted by atomic mass is 16.4. The van der Waals surface area contributed by atoms with Gasteiger partial charge in [-0.2, -0.15) is 5.10 Å². The fraction of sp³-hybridized carbons (Fsp3) is 0.478. The van der Waals surface area contributed by atoms with E-state index in [1.165, 1.54) is 0 Å². The minimum atomic E-state index is -0.879. The number of carbonyl (C=O) groups is 1. The monoisotopic (exact) mass is 409 g/mol. The van der Waals surface area contributed by atoms with Crippen LogP contribution in [0.4, 0.5) is 0 Å². The summed E-state index contributed by atoms with van der Waals surface area (Å²) >= 11 is 0. The summed E-state index contributed by atoms with van der Waals surface area (Å²) in [4.78, 5) is 16.8. The van der Waals surface area contributed by atoms with Crippen LogP contribution in [0.15, 0.2) is 30.6 Å². The molecule has 160 valence electrons. The molecule has 0 radical (unpaired) electrons. The van der Waals surface area contributed by atoms with Crippen LogP contribution in [0.3, 0.4) is 0 Å². The average molecular weight is 410 g/mol. The number of piperidine rings is 1. The van der Waals surface area contributed by atoms with E-state index in [9.17, 15) is 9.90 Å². The lowest BCUT2D eigenvalue weighted by Crippen LogP contribution is -2.43. The summed E-state index contributed by atoms with van der Waals surface area (Å²) in [5, 5.41) is 14.3. The molecule has 0 saturated carbocycles. The van der Waals surface area contributed by atoms with Gasteiger partial charge in [-0.15, -0.1) is 0 Å². The molecule has 1 fully saturated rings. The summed E-state index contributed by atoms with van der Waals surface area (Å²) in [7, 11) is 6.19. The second kappa shape index (κ2) is 7.89. The lowest BCUT2D eigenvalue weighted by atomic mass is 9.98. The average Bonchev–Trinajstić information content (AvgIpc) is 3.32. The van der Waals surface area contributed by atoms with E-state index in [4.69, 9.17) is 0 Å². The van der Waals surface area contributed by atoms with Crippen molar-refractivity contribution in [3.63, 3.8) is 0 Å². The van der Waals surface area contributed by atoms with E-state index >= 15 is 0 Å². The molecule has 3 aromatic heterocycles. The third-order valence-corrected chi connectivity index (χ3v) is 6.60. The molecule has 1 saturated heterocycles. The van der Waals surface area contributed by atoms with Gasteiger partial charge in [-0.25, -0.2) is 4.79 Å². The SMILES string of the molecule is Cc1c(C(=O)O)cc2cc(-c3ccn(C)n3)cn2c1C(C)N1CCC(N(C)C)CC1. The number of fused-ring (bicyclic) bond motifs is 1. The molecule has 4 rings (SSSR count). The second-order valence-corrected chi connectivity index (χ2v) is 8.68. The maximum atomic E-state index is 12.0. The van der Waals surface area contributed by atoms with Crippen LogP contribution in [0, 0.1) is 6.92 Å². The highest BCUT2D eigenvalue weighted by molar-refractivity contribution is 5.91. The van der Waals surface area contributed by atoms with Gasteiger partial charge in [0.1, 0.15) is 0 Å². The first-order valence-corrected chi connectivity index (χ1v) is 10.6. The molecule has 1 aliphatic rings. The Kier molecular flexibility index (Phi) is 5.42. The number of hydrogen-bond acceptors (Lipinski definition) is 4. The molecule has 0 bridgehead atoms. The Balaban J connectivity index is 1.77. The second-order valence-electron chi connectivity index (χ2n) is 8.68. The van der Waals surface area contributed by atoms with E-state index in [-0.39, 0.29) is 6.04 Å². The van der Waals surface area contributed by atoms with Crippen LogP contribution in [-0.2, 0) is 7.05 Å². The van der Waals surface area contributed by atoms with Gasteiger partial charge in [0, 0.05) is 61.4 Å². The molecule has 30 heavy (non-hydrogen) atoms. The summed E-state index contributed by atoms with van der Waals surface area (Å²) < 4.78 is 3.94. The van der Waals surface area contributed by atoms with E-state index in [0.29, 0.717) is 11.6 Å². The Hall–Kier alpha value is -2.64. The molecule has 3 aromatic rings. The predicted octanol–water partition coefficient (Wildman–Crippen LogP) is 3.43.